The van der Waals surface area contributed by atoms with Crippen molar-refractivity contribution in [2.75, 3.05) is 13.1 Å². The first kappa shape index (κ1) is 12.0. The minimum absolute atomic E-state index is 0.193. The second-order valence-corrected chi connectivity index (χ2v) is 4.61. The maximum Gasteiger partial charge on any atom is 0.227 e. The van der Waals surface area contributed by atoms with Crippen LogP contribution in [0, 0.1) is 0 Å². The Kier molecular flexibility index (Phi) is 3.74. The Morgan fingerprint density at radius 2 is 2.41 bits per heavy atom. The maximum atomic E-state index is 12.2. The summed E-state index contributed by atoms with van der Waals surface area (Å²) in [5.74, 6) is 0.193. The van der Waals surface area contributed by atoms with Crippen LogP contribution in [-0.2, 0) is 11.2 Å². The molecule has 2 heterocycles. The van der Waals surface area contributed by atoms with Gasteiger partial charge in [-0.2, -0.15) is 0 Å². The largest absolute Gasteiger partial charge is 0.337 e. The van der Waals surface area contributed by atoms with Crippen LogP contribution in [0.3, 0.4) is 0 Å². The van der Waals surface area contributed by atoms with Crippen molar-refractivity contribution in [2.45, 2.75) is 32.4 Å². The number of hydrogen-bond acceptors (Lipinski definition) is 3. The molecule has 0 saturated carbocycles. The van der Waals surface area contributed by atoms with Gasteiger partial charge in [-0.15, -0.1) is 0 Å². The summed E-state index contributed by atoms with van der Waals surface area (Å²) in [6, 6.07) is 4.43. The Bertz CT molecular complexity index is 380. The van der Waals surface area contributed by atoms with Crippen LogP contribution in [0.25, 0.3) is 0 Å². The van der Waals surface area contributed by atoms with Crippen molar-refractivity contribution in [1.82, 2.24) is 15.2 Å². The summed E-state index contributed by atoms with van der Waals surface area (Å²) in [7, 11) is 0. The molecule has 1 amide bonds. The van der Waals surface area contributed by atoms with Crippen molar-refractivity contribution in [1.29, 1.82) is 0 Å². The summed E-state index contributed by atoms with van der Waals surface area (Å²) in [5, 5.41) is 3.37. The average molecular weight is 233 g/mol. The van der Waals surface area contributed by atoms with E-state index in [1.54, 1.807) is 12.4 Å². The Morgan fingerprint density at radius 3 is 3.12 bits per heavy atom. The molecule has 0 spiro atoms. The number of aromatic nitrogens is 1. The zero-order valence-electron chi connectivity index (χ0n) is 10.4. The summed E-state index contributed by atoms with van der Waals surface area (Å²) < 4.78 is 0. The van der Waals surface area contributed by atoms with Gasteiger partial charge in [-0.05, 0) is 25.5 Å². The quantitative estimate of drug-likeness (QED) is 0.823. The van der Waals surface area contributed by atoms with E-state index in [0.29, 0.717) is 12.5 Å². The van der Waals surface area contributed by atoms with Crippen LogP contribution in [0.1, 0.15) is 19.4 Å². The monoisotopic (exact) mass is 233 g/mol. The molecule has 4 heteroatoms. The van der Waals surface area contributed by atoms with Gasteiger partial charge in [-0.1, -0.05) is 6.07 Å². The third kappa shape index (κ3) is 2.82. The molecule has 0 bridgehead atoms. The molecule has 2 rings (SSSR count). The first-order valence-electron chi connectivity index (χ1n) is 6.10. The fourth-order valence-corrected chi connectivity index (χ4v) is 2.19. The van der Waals surface area contributed by atoms with Crippen molar-refractivity contribution in [2.24, 2.45) is 0 Å². The first-order chi connectivity index (χ1) is 8.18. The third-order valence-electron chi connectivity index (χ3n) is 3.43. The molecular weight excluding hydrogens is 214 g/mol. The van der Waals surface area contributed by atoms with E-state index in [-0.39, 0.29) is 11.9 Å². The molecule has 1 aromatic heterocycles. The van der Waals surface area contributed by atoms with Crippen LogP contribution in [0.4, 0.5) is 0 Å². The van der Waals surface area contributed by atoms with Gasteiger partial charge in [0, 0.05) is 37.6 Å². The van der Waals surface area contributed by atoms with Crippen LogP contribution < -0.4 is 5.32 Å². The fourth-order valence-electron chi connectivity index (χ4n) is 2.19. The van der Waals surface area contributed by atoms with E-state index in [2.05, 4.69) is 24.1 Å². The van der Waals surface area contributed by atoms with Crippen LogP contribution >= 0.6 is 0 Å². The third-order valence-corrected chi connectivity index (χ3v) is 3.43. The van der Waals surface area contributed by atoms with Crippen LogP contribution in [0.15, 0.2) is 24.5 Å². The van der Waals surface area contributed by atoms with Crippen molar-refractivity contribution in [3.8, 4) is 0 Å². The van der Waals surface area contributed by atoms with E-state index in [0.717, 1.165) is 18.7 Å². The number of amides is 1. The van der Waals surface area contributed by atoms with E-state index < -0.39 is 0 Å². The number of carbonyl (C=O) groups is 1. The van der Waals surface area contributed by atoms with Crippen LogP contribution in [0.2, 0.25) is 0 Å². The summed E-state index contributed by atoms with van der Waals surface area (Å²) in [6.45, 7) is 5.89. The summed E-state index contributed by atoms with van der Waals surface area (Å²) >= 11 is 0. The minimum atomic E-state index is 0.193. The standard InChI is InChI=1S/C13H19N3O/c1-10-11(2)16(7-6-15-10)13(17)8-12-4-3-5-14-9-12/h3-5,9-11,15H,6-8H2,1-2H3. The Morgan fingerprint density at radius 1 is 1.59 bits per heavy atom. The molecule has 1 aromatic rings. The van der Waals surface area contributed by atoms with Gasteiger partial charge in [-0.25, -0.2) is 0 Å². The number of pyridine rings is 1. The van der Waals surface area contributed by atoms with Crippen molar-refractivity contribution in [3.63, 3.8) is 0 Å². The van der Waals surface area contributed by atoms with Crippen molar-refractivity contribution < 1.29 is 4.79 Å². The van der Waals surface area contributed by atoms with Crippen LogP contribution in [-0.4, -0.2) is 41.0 Å². The molecule has 0 radical (unpaired) electrons. The summed E-state index contributed by atoms with van der Waals surface area (Å²) in [6.07, 6.45) is 3.93. The SMILES string of the molecule is CC1NCCN(C(=O)Cc2cccnc2)C1C. The van der Waals surface area contributed by atoms with Gasteiger partial charge in [0.05, 0.1) is 6.42 Å². The molecule has 1 aliphatic heterocycles. The molecule has 1 aliphatic rings. The Hall–Kier alpha value is -1.42. The van der Waals surface area contributed by atoms with E-state index in [9.17, 15) is 4.79 Å². The van der Waals surface area contributed by atoms with Gasteiger partial charge < -0.3 is 10.2 Å². The lowest BCUT2D eigenvalue weighted by Crippen LogP contribution is -2.57. The smallest absolute Gasteiger partial charge is 0.227 e. The van der Waals surface area contributed by atoms with Gasteiger partial charge in [0.25, 0.3) is 0 Å². The number of carbonyl (C=O) groups excluding carboxylic acids is 1. The lowest BCUT2D eigenvalue weighted by Gasteiger charge is -2.38. The number of nitrogens with one attached hydrogen (secondary N) is 1. The average Bonchev–Trinajstić information content (AvgIpc) is 2.34. The first-order valence-corrected chi connectivity index (χ1v) is 6.10. The zero-order chi connectivity index (χ0) is 12.3. The van der Waals surface area contributed by atoms with Crippen molar-refractivity contribution in [3.05, 3.63) is 30.1 Å². The highest BCUT2D eigenvalue weighted by Gasteiger charge is 2.27. The summed E-state index contributed by atoms with van der Waals surface area (Å²) in [4.78, 5) is 18.2. The predicted octanol–water partition coefficient (Wildman–Crippen LogP) is 0.833. The number of rotatable bonds is 2. The molecule has 92 valence electrons. The molecule has 1 N–H and O–H groups in total. The molecule has 0 aliphatic carbocycles. The molecule has 2 unspecified atom stereocenters. The molecule has 0 aromatic carbocycles. The minimum Gasteiger partial charge on any atom is -0.337 e. The zero-order valence-corrected chi connectivity index (χ0v) is 10.4. The number of nitrogens with zero attached hydrogens (tertiary/aromatic N) is 2. The molecule has 1 fully saturated rings. The number of piperazine rings is 1. The highest BCUT2D eigenvalue weighted by Crippen LogP contribution is 2.11. The second kappa shape index (κ2) is 5.27. The van der Waals surface area contributed by atoms with Gasteiger partial charge in [0.1, 0.15) is 0 Å². The van der Waals surface area contributed by atoms with Gasteiger partial charge >= 0.3 is 0 Å². The molecule has 2 atom stereocenters. The van der Waals surface area contributed by atoms with E-state index in [4.69, 9.17) is 0 Å². The highest BCUT2D eigenvalue weighted by atomic mass is 16.2. The normalized spacial score (nSPS) is 24.7. The second-order valence-electron chi connectivity index (χ2n) is 4.61. The van der Waals surface area contributed by atoms with Gasteiger partial charge in [0.2, 0.25) is 5.91 Å². The summed E-state index contributed by atoms with van der Waals surface area (Å²) in [5.41, 5.74) is 0.982. The van der Waals surface area contributed by atoms with E-state index in [1.807, 2.05) is 17.0 Å². The van der Waals surface area contributed by atoms with Crippen molar-refractivity contribution >= 4 is 5.91 Å². The van der Waals surface area contributed by atoms with Crippen LogP contribution in [0.5, 0.6) is 0 Å². The molecule has 17 heavy (non-hydrogen) atoms. The Balaban J connectivity index is 2.00. The lowest BCUT2D eigenvalue weighted by atomic mass is 10.1. The fraction of sp³-hybridized carbons (Fsp3) is 0.538. The Labute approximate surface area is 102 Å². The van der Waals surface area contributed by atoms with E-state index >= 15 is 0 Å². The predicted molar refractivity (Wildman–Crippen MR) is 66.6 cm³/mol. The maximum absolute atomic E-state index is 12.2. The topological polar surface area (TPSA) is 45.2 Å². The van der Waals surface area contributed by atoms with E-state index in [1.165, 1.54) is 0 Å². The lowest BCUT2D eigenvalue weighted by molar-refractivity contribution is -0.134. The highest BCUT2D eigenvalue weighted by molar-refractivity contribution is 5.79. The van der Waals surface area contributed by atoms with Gasteiger partial charge in [-0.3, -0.25) is 9.78 Å². The van der Waals surface area contributed by atoms with Gasteiger partial charge in [0.15, 0.2) is 0 Å². The molecule has 1 saturated heterocycles. The molecule has 4 nitrogen and oxygen atoms in total. The molecular formula is C13H19N3O. The number of hydrogen-bond donors (Lipinski definition) is 1.